The average Bonchev–Trinajstić information content (AvgIpc) is 1.35. The number of rotatable bonds is 1. The maximum absolute atomic E-state index is 5.31. The molecule has 0 aromatic carbocycles. The van der Waals surface area contributed by atoms with Crippen LogP contribution in [0.15, 0.2) is 4.99 Å². The summed E-state index contributed by atoms with van der Waals surface area (Å²) in [5, 5.41) is 0. The number of hydrogen-bond donors (Lipinski definition) is 1. The van der Waals surface area contributed by atoms with Gasteiger partial charge in [-0.1, -0.05) is 0 Å². The van der Waals surface area contributed by atoms with Gasteiger partial charge >= 0.3 is 0 Å². The molecule has 0 amide bonds. The van der Waals surface area contributed by atoms with Crippen LogP contribution in [0.1, 0.15) is 13.8 Å². The minimum Gasteiger partial charge on any atom is -0.308 e. The van der Waals surface area contributed by atoms with Gasteiger partial charge in [0, 0.05) is 0 Å². The van der Waals surface area contributed by atoms with Crippen LogP contribution < -0.4 is 5.73 Å². The number of aliphatic imine (C=N–C) groups is 1. The Kier molecular flexibility index (Phi) is 1.30. The molecular weight excluding hydrogens is 76.1 g/mol. The Morgan fingerprint density at radius 2 is 1.83 bits per heavy atom. The summed E-state index contributed by atoms with van der Waals surface area (Å²) in [6.07, 6.45) is 0. The Morgan fingerprint density at radius 1 is 1.67 bits per heavy atom. The van der Waals surface area contributed by atoms with Gasteiger partial charge in [0.15, 0.2) is 0 Å². The second kappa shape index (κ2) is 1.39. The highest BCUT2D eigenvalue weighted by molar-refractivity contribution is 5.24. The molecule has 0 atom stereocenters. The van der Waals surface area contributed by atoms with Crippen molar-refractivity contribution in [3.8, 4) is 0 Å². The van der Waals surface area contributed by atoms with Crippen molar-refractivity contribution in [2.45, 2.75) is 19.5 Å². The molecule has 0 saturated carbocycles. The van der Waals surface area contributed by atoms with Crippen LogP contribution in [0.4, 0.5) is 0 Å². The van der Waals surface area contributed by atoms with Crippen molar-refractivity contribution in [3.05, 3.63) is 0 Å². The first-order valence-corrected chi connectivity index (χ1v) is 1.83. The van der Waals surface area contributed by atoms with Gasteiger partial charge in [0.2, 0.25) is 0 Å². The number of nitrogens with zero attached hydrogens (tertiary/aromatic N) is 1. The van der Waals surface area contributed by atoms with Gasteiger partial charge in [-0.3, -0.25) is 4.99 Å². The zero-order valence-corrected chi connectivity index (χ0v) is 4.23. The molecule has 0 radical (unpaired) electrons. The summed E-state index contributed by atoms with van der Waals surface area (Å²) in [5.74, 6) is 0. The van der Waals surface area contributed by atoms with Gasteiger partial charge in [-0.15, -0.1) is 0 Å². The lowest BCUT2D eigenvalue weighted by Gasteiger charge is -2.08. The molecule has 2 N–H and O–H groups in total. The zero-order valence-electron chi connectivity index (χ0n) is 4.23. The number of nitrogens with two attached hydrogens (primary N) is 1. The third-order valence-electron chi connectivity index (χ3n) is 0.408. The molecule has 2 heteroatoms. The Labute approximate surface area is 38.1 Å². The molecule has 0 aliphatic carbocycles. The van der Waals surface area contributed by atoms with E-state index in [1.807, 2.05) is 0 Å². The van der Waals surface area contributed by atoms with Crippen LogP contribution >= 0.6 is 0 Å². The van der Waals surface area contributed by atoms with Gasteiger partial charge in [-0.2, -0.15) is 0 Å². The van der Waals surface area contributed by atoms with Gasteiger partial charge in [-0.05, 0) is 20.6 Å². The monoisotopic (exact) mass is 86.1 g/mol. The first-order valence-electron chi connectivity index (χ1n) is 1.83. The first-order chi connectivity index (χ1) is 2.56. The van der Waals surface area contributed by atoms with E-state index in [0.717, 1.165) is 0 Å². The molecule has 0 heterocycles. The Morgan fingerprint density at radius 3 is 1.83 bits per heavy atom. The topological polar surface area (TPSA) is 38.4 Å². The van der Waals surface area contributed by atoms with Gasteiger partial charge in [-0.25, -0.2) is 0 Å². The Balaban J connectivity index is 3.45. The van der Waals surface area contributed by atoms with E-state index in [9.17, 15) is 0 Å². The summed E-state index contributed by atoms with van der Waals surface area (Å²) >= 11 is 0. The van der Waals surface area contributed by atoms with Crippen LogP contribution in [0.3, 0.4) is 0 Å². The molecule has 2 nitrogen and oxygen atoms in total. The summed E-state index contributed by atoms with van der Waals surface area (Å²) in [4.78, 5) is 3.55. The molecule has 0 spiro atoms. The van der Waals surface area contributed by atoms with E-state index < -0.39 is 5.66 Å². The molecule has 0 rings (SSSR count). The molecule has 0 unspecified atom stereocenters. The van der Waals surface area contributed by atoms with Crippen molar-refractivity contribution in [1.82, 2.24) is 0 Å². The van der Waals surface area contributed by atoms with E-state index in [1.54, 1.807) is 13.8 Å². The van der Waals surface area contributed by atoms with Gasteiger partial charge < -0.3 is 5.73 Å². The minimum absolute atomic E-state index is 0.444. The van der Waals surface area contributed by atoms with Crippen LogP contribution in [0.2, 0.25) is 0 Å². The molecule has 0 aromatic rings. The fourth-order valence-electron chi connectivity index (χ4n) is 0. The van der Waals surface area contributed by atoms with Gasteiger partial charge in [0.25, 0.3) is 0 Å². The maximum atomic E-state index is 5.31. The standard InChI is InChI=1S/C4H10N2/c1-4(2,5)6-3/h3,5H2,1-2H3. The van der Waals surface area contributed by atoms with Gasteiger partial charge in [0.1, 0.15) is 5.66 Å². The summed E-state index contributed by atoms with van der Waals surface area (Å²) in [6, 6.07) is 0. The van der Waals surface area contributed by atoms with E-state index in [0.29, 0.717) is 0 Å². The molecule has 0 saturated heterocycles. The van der Waals surface area contributed by atoms with Crippen LogP contribution in [-0.4, -0.2) is 12.4 Å². The molecule has 0 fully saturated rings. The second-order valence-electron chi connectivity index (χ2n) is 1.81. The lowest BCUT2D eigenvalue weighted by atomic mass is 10.3. The third kappa shape index (κ3) is 3.63. The van der Waals surface area contributed by atoms with Crippen molar-refractivity contribution >= 4 is 6.72 Å². The van der Waals surface area contributed by atoms with Crippen molar-refractivity contribution in [2.75, 3.05) is 0 Å². The van der Waals surface area contributed by atoms with E-state index in [1.165, 1.54) is 0 Å². The Bertz CT molecular complexity index is 51.1. The van der Waals surface area contributed by atoms with Crippen molar-refractivity contribution in [1.29, 1.82) is 0 Å². The maximum Gasteiger partial charge on any atom is 0.101 e. The highest BCUT2D eigenvalue weighted by atomic mass is 15.0. The summed E-state index contributed by atoms with van der Waals surface area (Å²) < 4.78 is 0. The predicted molar refractivity (Wildman–Crippen MR) is 27.8 cm³/mol. The van der Waals surface area contributed by atoms with Gasteiger partial charge in [0.05, 0.1) is 0 Å². The van der Waals surface area contributed by atoms with E-state index in [4.69, 9.17) is 5.73 Å². The fourth-order valence-corrected chi connectivity index (χ4v) is 0. The smallest absolute Gasteiger partial charge is 0.101 e. The normalized spacial score (nSPS) is 11.2. The van der Waals surface area contributed by atoms with E-state index in [2.05, 4.69) is 11.7 Å². The van der Waals surface area contributed by atoms with E-state index >= 15 is 0 Å². The van der Waals surface area contributed by atoms with Crippen LogP contribution in [-0.2, 0) is 0 Å². The summed E-state index contributed by atoms with van der Waals surface area (Å²) in [6.45, 7) is 6.84. The zero-order chi connectivity index (χ0) is 5.21. The SMILES string of the molecule is C=NC(C)(C)N. The van der Waals surface area contributed by atoms with Crippen LogP contribution in [0, 0.1) is 0 Å². The van der Waals surface area contributed by atoms with Crippen molar-refractivity contribution < 1.29 is 0 Å². The third-order valence-corrected chi connectivity index (χ3v) is 0.408. The van der Waals surface area contributed by atoms with Crippen LogP contribution in [0.5, 0.6) is 0 Å². The average molecular weight is 86.1 g/mol. The molecule has 0 aromatic heterocycles. The summed E-state index contributed by atoms with van der Waals surface area (Å²) in [5.41, 5.74) is 4.86. The molecule has 6 heavy (non-hydrogen) atoms. The van der Waals surface area contributed by atoms with Crippen LogP contribution in [0.25, 0.3) is 0 Å². The highest BCUT2D eigenvalue weighted by Crippen LogP contribution is 1.92. The minimum atomic E-state index is -0.444. The van der Waals surface area contributed by atoms with E-state index in [-0.39, 0.29) is 0 Å². The molecule has 0 aliphatic heterocycles. The van der Waals surface area contributed by atoms with Crippen molar-refractivity contribution in [3.63, 3.8) is 0 Å². The fraction of sp³-hybridized carbons (Fsp3) is 0.750. The lowest BCUT2D eigenvalue weighted by molar-refractivity contribution is 0.555. The largest absolute Gasteiger partial charge is 0.308 e. The molecular formula is C4H10N2. The van der Waals surface area contributed by atoms with Crippen molar-refractivity contribution in [2.24, 2.45) is 10.7 Å². The second-order valence-corrected chi connectivity index (χ2v) is 1.81. The lowest BCUT2D eigenvalue weighted by Crippen LogP contribution is -2.28. The molecule has 0 aliphatic rings. The number of hydrogen-bond acceptors (Lipinski definition) is 2. The quantitative estimate of drug-likeness (QED) is 0.460. The first kappa shape index (κ1) is 5.63. The predicted octanol–water partition coefficient (Wildman–Crippen LogP) is 0.382. The molecule has 0 bridgehead atoms. The Hall–Kier alpha value is -0.370. The molecule has 36 valence electrons. The summed E-state index contributed by atoms with van der Waals surface area (Å²) in [7, 11) is 0. The highest BCUT2D eigenvalue weighted by Gasteiger charge is 2.01.